The molecule has 2 aliphatic rings. The maximum atomic E-state index is 14.1. The van der Waals surface area contributed by atoms with Gasteiger partial charge in [-0.3, -0.25) is 4.79 Å². The summed E-state index contributed by atoms with van der Waals surface area (Å²) in [7, 11) is 0. The standard InChI is InChI=1S/C19H21FN4O/c20-16-12-21-17(22-19(16)23-8-4-5-9-23)10-14-11-18(25)24(13-14)15-6-2-1-3-7-15/h1-3,6-7,12,14H,4-5,8-11,13H2/t14-/m0/s1. The van der Waals surface area contributed by atoms with Crippen LogP contribution < -0.4 is 9.80 Å². The first-order chi connectivity index (χ1) is 12.2. The maximum Gasteiger partial charge on any atom is 0.227 e. The molecule has 0 bridgehead atoms. The first-order valence-electron chi connectivity index (χ1n) is 8.82. The van der Waals surface area contributed by atoms with Gasteiger partial charge in [-0.05, 0) is 30.9 Å². The molecule has 0 N–H and O–H groups in total. The van der Waals surface area contributed by atoms with Crippen LogP contribution in [0.4, 0.5) is 15.9 Å². The van der Waals surface area contributed by atoms with Crippen molar-refractivity contribution in [2.75, 3.05) is 29.4 Å². The van der Waals surface area contributed by atoms with Crippen LogP contribution in [0.15, 0.2) is 36.5 Å². The van der Waals surface area contributed by atoms with E-state index < -0.39 is 0 Å². The van der Waals surface area contributed by atoms with Gasteiger partial charge >= 0.3 is 0 Å². The van der Waals surface area contributed by atoms with Gasteiger partial charge in [0, 0.05) is 38.2 Å². The summed E-state index contributed by atoms with van der Waals surface area (Å²) < 4.78 is 14.1. The number of halogens is 1. The second kappa shape index (κ2) is 6.78. The molecular formula is C19H21FN4O. The number of hydrogen-bond donors (Lipinski definition) is 0. The van der Waals surface area contributed by atoms with Crippen LogP contribution in [0.25, 0.3) is 0 Å². The summed E-state index contributed by atoms with van der Waals surface area (Å²) >= 11 is 0. The molecule has 25 heavy (non-hydrogen) atoms. The molecule has 1 amide bonds. The molecule has 1 aromatic heterocycles. The lowest BCUT2D eigenvalue weighted by Crippen LogP contribution is -2.25. The second-order valence-corrected chi connectivity index (χ2v) is 6.77. The topological polar surface area (TPSA) is 49.3 Å². The number of carbonyl (C=O) groups excluding carboxylic acids is 1. The van der Waals surface area contributed by atoms with E-state index in [0.717, 1.165) is 31.6 Å². The van der Waals surface area contributed by atoms with E-state index in [1.165, 1.54) is 6.20 Å². The van der Waals surface area contributed by atoms with Gasteiger partial charge in [0.05, 0.1) is 6.20 Å². The van der Waals surface area contributed by atoms with E-state index in [2.05, 4.69) is 9.97 Å². The Bertz CT molecular complexity index is 761. The average Bonchev–Trinajstić information content (AvgIpc) is 3.27. The molecular weight excluding hydrogens is 319 g/mol. The molecule has 2 fully saturated rings. The van der Waals surface area contributed by atoms with E-state index in [1.54, 1.807) is 0 Å². The third-order valence-electron chi connectivity index (χ3n) is 4.93. The second-order valence-electron chi connectivity index (χ2n) is 6.77. The summed E-state index contributed by atoms with van der Waals surface area (Å²) in [6, 6.07) is 9.69. The highest BCUT2D eigenvalue weighted by atomic mass is 19.1. The number of rotatable bonds is 4. The molecule has 2 saturated heterocycles. The number of carbonyl (C=O) groups is 1. The Morgan fingerprint density at radius 2 is 1.92 bits per heavy atom. The fourth-order valence-electron chi connectivity index (χ4n) is 3.68. The third-order valence-corrected chi connectivity index (χ3v) is 4.93. The summed E-state index contributed by atoms with van der Waals surface area (Å²) in [4.78, 5) is 24.7. The predicted molar refractivity (Wildman–Crippen MR) is 94.0 cm³/mol. The predicted octanol–water partition coefficient (Wildman–Crippen LogP) is 2.81. The van der Waals surface area contributed by atoms with Crippen molar-refractivity contribution in [2.24, 2.45) is 5.92 Å². The molecule has 4 rings (SSSR count). The van der Waals surface area contributed by atoms with E-state index in [9.17, 15) is 9.18 Å². The van der Waals surface area contributed by atoms with Gasteiger partial charge in [0.25, 0.3) is 0 Å². The SMILES string of the molecule is O=C1C[C@H](Cc2ncc(F)c(N3CCCC3)n2)CN1c1ccccc1. The van der Waals surface area contributed by atoms with Crippen LogP contribution in [0, 0.1) is 11.7 Å². The first-order valence-corrected chi connectivity index (χ1v) is 8.82. The molecule has 6 heteroatoms. The Hall–Kier alpha value is -2.50. The number of amides is 1. The fraction of sp³-hybridized carbons (Fsp3) is 0.421. The Balaban J connectivity index is 1.48. The highest BCUT2D eigenvalue weighted by Gasteiger charge is 2.31. The number of aromatic nitrogens is 2. The van der Waals surface area contributed by atoms with E-state index in [1.807, 2.05) is 40.1 Å². The molecule has 0 saturated carbocycles. The summed E-state index contributed by atoms with van der Waals surface area (Å²) in [5.74, 6) is 0.949. The molecule has 0 spiro atoms. The van der Waals surface area contributed by atoms with Gasteiger partial charge in [-0.2, -0.15) is 0 Å². The van der Waals surface area contributed by atoms with Gasteiger partial charge in [0.1, 0.15) is 5.82 Å². The third kappa shape index (κ3) is 3.34. The average molecular weight is 340 g/mol. The molecule has 2 aromatic rings. The summed E-state index contributed by atoms with van der Waals surface area (Å²) in [5.41, 5.74) is 0.924. The van der Waals surface area contributed by atoms with Gasteiger partial charge < -0.3 is 9.80 Å². The fourth-order valence-corrected chi connectivity index (χ4v) is 3.68. The molecule has 1 aromatic carbocycles. The smallest absolute Gasteiger partial charge is 0.227 e. The van der Waals surface area contributed by atoms with Crippen LogP contribution in [0.1, 0.15) is 25.1 Å². The number of benzene rings is 1. The number of para-hydroxylation sites is 1. The Labute approximate surface area is 146 Å². The van der Waals surface area contributed by atoms with E-state index in [-0.39, 0.29) is 17.6 Å². The van der Waals surface area contributed by atoms with E-state index in [4.69, 9.17) is 0 Å². The largest absolute Gasteiger partial charge is 0.354 e. The van der Waals surface area contributed by atoms with Crippen LogP contribution >= 0.6 is 0 Å². The first kappa shape index (κ1) is 16.0. The Morgan fingerprint density at radius 1 is 1.16 bits per heavy atom. The maximum absolute atomic E-state index is 14.1. The molecule has 2 aliphatic heterocycles. The van der Waals surface area contributed by atoms with E-state index >= 15 is 0 Å². The number of nitrogens with zero attached hydrogens (tertiary/aromatic N) is 4. The normalized spacial score (nSPS) is 20.5. The minimum atomic E-state index is -0.362. The van der Waals surface area contributed by atoms with Gasteiger partial charge in [0.15, 0.2) is 11.6 Å². The van der Waals surface area contributed by atoms with Crippen molar-refractivity contribution in [3.05, 3.63) is 48.2 Å². The minimum Gasteiger partial charge on any atom is -0.354 e. The van der Waals surface area contributed by atoms with Crippen LogP contribution in [-0.4, -0.2) is 35.5 Å². The van der Waals surface area contributed by atoms with Gasteiger partial charge in [0.2, 0.25) is 5.91 Å². The molecule has 0 aliphatic carbocycles. The highest BCUT2D eigenvalue weighted by Crippen LogP contribution is 2.27. The highest BCUT2D eigenvalue weighted by molar-refractivity contribution is 5.95. The van der Waals surface area contributed by atoms with E-state index in [0.29, 0.717) is 31.0 Å². The quantitative estimate of drug-likeness (QED) is 0.859. The minimum absolute atomic E-state index is 0.123. The van der Waals surface area contributed by atoms with Crippen molar-refractivity contribution in [2.45, 2.75) is 25.7 Å². The van der Waals surface area contributed by atoms with Crippen LogP contribution in [0.3, 0.4) is 0 Å². The van der Waals surface area contributed by atoms with Crippen LogP contribution in [0.2, 0.25) is 0 Å². The van der Waals surface area contributed by atoms with Crippen molar-refractivity contribution < 1.29 is 9.18 Å². The molecule has 1 atom stereocenters. The lowest BCUT2D eigenvalue weighted by molar-refractivity contribution is -0.117. The Morgan fingerprint density at radius 3 is 2.68 bits per heavy atom. The van der Waals surface area contributed by atoms with Crippen molar-refractivity contribution in [3.63, 3.8) is 0 Å². The van der Waals surface area contributed by atoms with Crippen molar-refractivity contribution in [1.29, 1.82) is 0 Å². The summed E-state index contributed by atoms with van der Waals surface area (Å²) in [6.07, 6.45) is 4.48. The van der Waals surface area contributed by atoms with Crippen molar-refractivity contribution >= 4 is 17.4 Å². The molecule has 0 unspecified atom stereocenters. The molecule has 0 radical (unpaired) electrons. The van der Waals surface area contributed by atoms with Gasteiger partial charge in [-0.15, -0.1) is 0 Å². The number of anilines is 2. The van der Waals surface area contributed by atoms with Crippen LogP contribution in [0.5, 0.6) is 0 Å². The lowest BCUT2D eigenvalue weighted by Gasteiger charge is -2.18. The molecule has 130 valence electrons. The zero-order valence-corrected chi connectivity index (χ0v) is 14.1. The van der Waals surface area contributed by atoms with Crippen LogP contribution in [-0.2, 0) is 11.2 Å². The van der Waals surface area contributed by atoms with Crippen molar-refractivity contribution in [1.82, 2.24) is 9.97 Å². The zero-order valence-electron chi connectivity index (χ0n) is 14.1. The van der Waals surface area contributed by atoms with Gasteiger partial charge in [-0.25, -0.2) is 14.4 Å². The molecule has 5 nitrogen and oxygen atoms in total. The zero-order chi connectivity index (χ0) is 17.2. The van der Waals surface area contributed by atoms with Gasteiger partial charge in [-0.1, -0.05) is 18.2 Å². The number of hydrogen-bond acceptors (Lipinski definition) is 4. The molecule has 3 heterocycles. The summed E-state index contributed by atoms with van der Waals surface area (Å²) in [5, 5.41) is 0. The van der Waals surface area contributed by atoms with Crippen molar-refractivity contribution in [3.8, 4) is 0 Å². The summed E-state index contributed by atoms with van der Waals surface area (Å²) in [6.45, 7) is 2.34. The lowest BCUT2D eigenvalue weighted by atomic mass is 10.0. The Kier molecular flexibility index (Phi) is 4.34. The monoisotopic (exact) mass is 340 g/mol.